The van der Waals surface area contributed by atoms with Crippen molar-refractivity contribution in [3.8, 4) is 17.0 Å². The van der Waals surface area contributed by atoms with Gasteiger partial charge in [-0.15, -0.1) is 11.3 Å². The number of aromatic nitrogens is 1. The van der Waals surface area contributed by atoms with Crippen LogP contribution in [0.25, 0.3) is 11.3 Å². The summed E-state index contributed by atoms with van der Waals surface area (Å²) < 4.78 is 5.78. The highest BCUT2D eigenvalue weighted by Crippen LogP contribution is 2.26. The van der Waals surface area contributed by atoms with Crippen LogP contribution < -0.4 is 10.1 Å². The van der Waals surface area contributed by atoms with E-state index in [2.05, 4.69) is 48.4 Å². The fourth-order valence-corrected chi connectivity index (χ4v) is 3.89. The summed E-state index contributed by atoms with van der Waals surface area (Å²) in [5.74, 6) is 1.02. The second-order valence-corrected chi connectivity index (χ2v) is 8.79. The largest absolute Gasteiger partial charge is 0.481 e. The minimum Gasteiger partial charge on any atom is -0.481 e. The number of halogens is 1. The van der Waals surface area contributed by atoms with E-state index in [0.29, 0.717) is 21.8 Å². The number of benzene rings is 2. The van der Waals surface area contributed by atoms with Crippen molar-refractivity contribution in [2.75, 3.05) is 5.32 Å². The molecule has 1 heterocycles. The number of aryl methyl sites for hydroxylation is 1. The number of amides is 1. The normalized spacial score (nSPS) is 12.1. The number of hydrogen-bond acceptors (Lipinski definition) is 4. The smallest absolute Gasteiger partial charge is 0.266 e. The van der Waals surface area contributed by atoms with Crippen molar-refractivity contribution in [1.29, 1.82) is 0 Å². The molecule has 0 aliphatic heterocycles. The van der Waals surface area contributed by atoms with Crippen molar-refractivity contribution in [1.82, 2.24) is 4.98 Å². The van der Waals surface area contributed by atoms with Crippen molar-refractivity contribution in [3.05, 3.63) is 64.0 Å². The van der Waals surface area contributed by atoms with Crippen LogP contribution in [-0.4, -0.2) is 17.0 Å². The lowest BCUT2D eigenvalue weighted by Gasteiger charge is -2.15. The fraction of sp³-hybridized carbons (Fsp3) is 0.304. The molecule has 2 aromatic carbocycles. The number of thiazole rings is 1. The summed E-state index contributed by atoms with van der Waals surface area (Å²) in [6.07, 6.45) is 0.404. The highest BCUT2D eigenvalue weighted by molar-refractivity contribution is 7.14. The molecule has 6 heteroatoms. The van der Waals surface area contributed by atoms with E-state index in [1.165, 1.54) is 16.9 Å². The van der Waals surface area contributed by atoms with Gasteiger partial charge in [-0.3, -0.25) is 10.1 Å². The van der Waals surface area contributed by atoms with E-state index in [4.69, 9.17) is 16.3 Å². The molecule has 152 valence electrons. The minimum atomic E-state index is -0.655. The molecule has 0 saturated carbocycles. The van der Waals surface area contributed by atoms with Crippen molar-refractivity contribution >= 4 is 34.0 Å². The first-order valence-corrected chi connectivity index (χ1v) is 10.9. The maximum absolute atomic E-state index is 12.5. The molecule has 0 aliphatic carbocycles. The molecule has 29 heavy (non-hydrogen) atoms. The molecule has 3 aromatic rings. The molecule has 0 bridgehead atoms. The standard InChI is InChI=1S/C23H25ClN2O2S/c1-14(2)11-17-5-7-18(8-6-17)20-13-29-23(25-20)26-22(27)16(4)28-21-10-9-19(24)12-15(21)3/h5-10,12-14,16H,11H2,1-4H3,(H,25,26,27). The first-order valence-electron chi connectivity index (χ1n) is 9.60. The SMILES string of the molecule is Cc1cc(Cl)ccc1OC(C)C(=O)Nc1nc(-c2ccc(CC(C)C)cc2)cs1. The van der Waals surface area contributed by atoms with Gasteiger partial charge in [-0.05, 0) is 55.5 Å². The molecule has 0 radical (unpaired) electrons. The van der Waals surface area contributed by atoms with Crippen molar-refractivity contribution in [2.24, 2.45) is 5.92 Å². The molecule has 4 nitrogen and oxygen atoms in total. The van der Waals surface area contributed by atoms with Gasteiger partial charge in [-0.1, -0.05) is 49.7 Å². The van der Waals surface area contributed by atoms with E-state index in [-0.39, 0.29) is 5.91 Å². The van der Waals surface area contributed by atoms with E-state index < -0.39 is 6.10 Å². The van der Waals surface area contributed by atoms with Gasteiger partial charge in [0.2, 0.25) is 0 Å². The van der Waals surface area contributed by atoms with Gasteiger partial charge in [0.1, 0.15) is 5.75 Å². The average Bonchev–Trinajstić information content (AvgIpc) is 3.12. The maximum Gasteiger partial charge on any atom is 0.266 e. The lowest BCUT2D eigenvalue weighted by atomic mass is 10.0. The Morgan fingerprint density at radius 3 is 2.55 bits per heavy atom. The Morgan fingerprint density at radius 2 is 1.90 bits per heavy atom. The average molecular weight is 429 g/mol. The van der Waals surface area contributed by atoms with Gasteiger partial charge in [-0.2, -0.15) is 0 Å². The van der Waals surface area contributed by atoms with Gasteiger partial charge in [0.05, 0.1) is 5.69 Å². The summed E-state index contributed by atoms with van der Waals surface area (Å²) in [5, 5.41) is 5.98. The summed E-state index contributed by atoms with van der Waals surface area (Å²) in [4.78, 5) is 17.0. The number of nitrogens with one attached hydrogen (secondary N) is 1. The number of nitrogens with zero attached hydrogens (tertiary/aromatic N) is 1. The van der Waals surface area contributed by atoms with Gasteiger partial charge in [0.15, 0.2) is 11.2 Å². The van der Waals surface area contributed by atoms with E-state index in [1.807, 2.05) is 12.3 Å². The number of carbonyl (C=O) groups is 1. The monoisotopic (exact) mass is 428 g/mol. The summed E-state index contributed by atoms with van der Waals surface area (Å²) in [5.41, 5.74) is 4.09. The van der Waals surface area contributed by atoms with Crippen LogP contribution >= 0.6 is 22.9 Å². The molecule has 1 unspecified atom stereocenters. The first kappa shape index (κ1) is 21.3. The second kappa shape index (κ2) is 9.42. The van der Waals surface area contributed by atoms with Crippen LogP contribution in [0, 0.1) is 12.8 Å². The number of anilines is 1. The van der Waals surface area contributed by atoms with Crippen LogP contribution in [0.2, 0.25) is 5.02 Å². The Morgan fingerprint density at radius 1 is 1.17 bits per heavy atom. The van der Waals surface area contributed by atoms with Gasteiger partial charge in [0, 0.05) is 16.0 Å². The lowest BCUT2D eigenvalue weighted by Crippen LogP contribution is -2.30. The van der Waals surface area contributed by atoms with Gasteiger partial charge in [0.25, 0.3) is 5.91 Å². The van der Waals surface area contributed by atoms with Crippen LogP contribution in [-0.2, 0) is 11.2 Å². The predicted octanol–water partition coefficient (Wildman–Crippen LogP) is 6.38. The zero-order valence-corrected chi connectivity index (χ0v) is 18.6. The van der Waals surface area contributed by atoms with Crippen LogP contribution in [0.15, 0.2) is 47.8 Å². The van der Waals surface area contributed by atoms with Crippen LogP contribution in [0.4, 0.5) is 5.13 Å². The highest BCUT2D eigenvalue weighted by atomic mass is 35.5. The highest BCUT2D eigenvalue weighted by Gasteiger charge is 2.17. The van der Waals surface area contributed by atoms with Gasteiger partial charge < -0.3 is 4.74 Å². The van der Waals surface area contributed by atoms with Crippen LogP contribution in [0.1, 0.15) is 31.9 Å². The first-order chi connectivity index (χ1) is 13.8. The third kappa shape index (κ3) is 5.81. The number of carbonyl (C=O) groups excluding carboxylic acids is 1. The minimum absolute atomic E-state index is 0.243. The zero-order valence-electron chi connectivity index (χ0n) is 17.0. The molecular formula is C23H25ClN2O2S. The fourth-order valence-electron chi connectivity index (χ4n) is 2.94. The third-order valence-corrected chi connectivity index (χ3v) is 5.43. The summed E-state index contributed by atoms with van der Waals surface area (Å²) in [6, 6.07) is 13.7. The molecular weight excluding hydrogens is 404 g/mol. The Balaban J connectivity index is 1.62. The molecule has 0 aliphatic rings. The quantitative estimate of drug-likeness (QED) is 0.475. The number of ether oxygens (including phenoxy) is 1. The van der Waals surface area contributed by atoms with Crippen LogP contribution in [0.5, 0.6) is 5.75 Å². The van der Waals surface area contributed by atoms with E-state index >= 15 is 0 Å². The van der Waals surface area contributed by atoms with Gasteiger partial charge in [-0.25, -0.2) is 4.98 Å². The number of hydrogen-bond donors (Lipinski definition) is 1. The number of rotatable bonds is 7. The lowest BCUT2D eigenvalue weighted by molar-refractivity contribution is -0.122. The Kier molecular flexibility index (Phi) is 6.93. The van der Waals surface area contributed by atoms with E-state index in [1.54, 1.807) is 25.1 Å². The Hall–Kier alpha value is -2.37. The van der Waals surface area contributed by atoms with E-state index in [9.17, 15) is 4.79 Å². The topological polar surface area (TPSA) is 51.2 Å². The summed E-state index contributed by atoms with van der Waals surface area (Å²) in [6.45, 7) is 8.03. The predicted molar refractivity (Wildman–Crippen MR) is 121 cm³/mol. The van der Waals surface area contributed by atoms with Crippen LogP contribution in [0.3, 0.4) is 0 Å². The van der Waals surface area contributed by atoms with Gasteiger partial charge >= 0.3 is 0 Å². The molecule has 1 atom stereocenters. The van der Waals surface area contributed by atoms with Crippen molar-refractivity contribution < 1.29 is 9.53 Å². The Labute approximate surface area is 180 Å². The van der Waals surface area contributed by atoms with Crippen molar-refractivity contribution in [3.63, 3.8) is 0 Å². The van der Waals surface area contributed by atoms with E-state index in [0.717, 1.165) is 23.2 Å². The third-order valence-electron chi connectivity index (χ3n) is 4.44. The summed E-state index contributed by atoms with van der Waals surface area (Å²) >= 11 is 7.37. The molecule has 1 aromatic heterocycles. The molecule has 1 amide bonds. The molecule has 0 fully saturated rings. The molecule has 1 N–H and O–H groups in total. The molecule has 3 rings (SSSR count). The molecule has 0 spiro atoms. The second-order valence-electron chi connectivity index (χ2n) is 7.49. The van der Waals surface area contributed by atoms with Crippen molar-refractivity contribution in [2.45, 2.75) is 40.2 Å². The maximum atomic E-state index is 12.5. The Bertz CT molecular complexity index is 983. The summed E-state index contributed by atoms with van der Waals surface area (Å²) in [7, 11) is 0. The molecule has 0 saturated heterocycles. The zero-order chi connectivity index (χ0) is 21.0.